The third-order valence-corrected chi connectivity index (χ3v) is 3.36. The van der Waals surface area contributed by atoms with Gasteiger partial charge in [0.05, 0.1) is 0 Å². The number of ether oxygens (including phenoxy) is 1. The van der Waals surface area contributed by atoms with Gasteiger partial charge in [0.2, 0.25) is 0 Å². The van der Waals surface area contributed by atoms with E-state index < -0.39 is 0 Å². The minimum Gasteiger partial charge on any atom is -0.484 e. The third kappa shape index (κ3) is 5.80. The lowest BCUT2D eigenvalue weighted by molar-refractivity contribution is -0.123. The molecule has 0 unspecified atom stereocenters. The molecule has 6 heteroatoms. The summed E-state index contributed by atoms with van der Waals surface area (Å²) in [6.07, 6.45) is 1.98. The van der Waals surface area contributed by atoms with Gasteiger partial charge >= 0.3 is 0 Å². The van der Waals surface area contributed by atoms with Gasteiger partial charge < -0.3 is 15.4 Å². The number of hydrogen-bond acceptors (Lipinski definition) is 3. The van der Waals surface area contributed by atoms with Gasteiger partial charge in [0.25, 0.3) is 5.91 Å². The number of piperidine rings is 1. The van der Waals surface area contributed by atoms with Crippen molar-refractivity contribution in [2.45, 2.75) is 18.9 Å². The van der Waals surface area contributed by atoms with Crippen molar-refractivity contribution in [2.75, 3.05) is 19.7 Å². The van der Waals surface area contributed by atoms with Crippen molar-refractivity contribution in [3.63, 3.8) is 0 Å². The molecule has 1 aliphatic rings. The molecular weight excluding hydrogens is 332 g/mol. The smallest absolute Gasteiger partial charge is 0.258 e. The Labute approximate surface area is 127 Å². The highest BCUT2D eigenvalue weighted by Gasteiger charge is 2.15. The Kier molecular flexibility index (Phi) is 7.20. The molecule has 2 rings (SSSR count). The van der Waals surface area contributed by atoms with Gasteiger partial charge in [-0.15, -0.1) is 12.4 Å². The zero-order valence-corrected chi connectivity index (χ0v) is 12.9. The first-order valence-corrected chi connectivity index (χ1v) is 6.92. The molecule has 1 fully saturated rings. The lowest BCUT2D eigenvalue weighted by Gasteiger charge is -2.23. The molecule has 1 aromatic carbocycles. The predicted octanol–water partition coefficient (Wildman–Crippen LogP) is 2.12. The van der Waals surface area contributed by atoms with E-state index in [1.807, 2.05) is 24.3 Å². The summed E-state index contributed by atoms with van der Waals surface area (Å²) in [6.45, 7) is 2.01. The Bertz CT molecular complexity index is 411. The highest BCUT2D eigenvalue weighted by Crippen LogP contribution is 2.17. The van der Waals surface area contributed by atoms with E-state index in [-0.39, 0.29) is 31.0 Å². The molecule has 0 aromatic heterocycles. The van der Waals surface area contributed by atoms with E-state index in [1.165, 1.54) is 0 Å². The summed E-state index contributed by atoms with van der Waals surface area (Å²) in [5, 5.41) is 6.25. The van der Waals surface area contributed by atoms with Gasteiger partial charge in [-0.2, -0.15) is 0 Å². The first kappa shape index (κ1) is 16.3. The third-order valence-electron chi connectivity index (χ3n) is 2.87. The van der Waals surface area contributed by atoms with E-state index in [0.29, 0.717) is 5.75 Å². The van der Waals surface area contributed by atoms with Crippen LogP contribution >= 0.6 is 28.3 Å². The number of nitrogens with one attached hydrogen (secondary N) is 2. The topological polar surface area (TPSA) is 50.4 Å². The Hall–Kier alpha value is -0.780. The monoisotopic (exact) mass is 348 g/mol. The average Bonchev–Trinajstić information content (AvgIpc) is 2.38. The fourth-order valence-electron chi connectivity index (χ4n) is 1.94. The summed E-state index contributed by atoms with van der Waals surface area (Å²) in [4.78, 5) is 11.7. The van der Waals surface area contributed by atoms with Crippen molar-refractivity contribution in [1.82, 2.24) is 10.6 Å². The van der Waals surface area contributed by atoms with Crippen LogP contribution in [-0.4, -0.2) is 31.6 Å². The highest BCUT2D eigenvalue weighted by atomic mass is 79.9. The minimum absolute atomic E-state index is 0. The molecule has 4 nitrogen and oxygen atoms in total. The molecule has 0 aliphatic carbocycles. The summed E-state index contributed by atoms with van der Waals surface area (Å²) in [6, 6.07) is 7.76. The van der Waals surface area contributed by atoms with E-state index in [9.17, 15) is 4.79 Å². The molecular formula is C13H18BrClN2O2. The zero-order valence-electron chi connectivity index (χ0n) is 10.5. The fraction of sp³-hybridized carbons (Fsp3) is 0.462. The van der Waals surface area contributed by atoms with E-state index >= 15 is 0 Å². The maximum Gasteiger partial charge on any atom is 0.258 e. The summed E-state index contributed by atoms with van der Waals surface area (Å²) < 4.78 is 6.38. The fourth-order valence-corrected chi connectivity index (χ4v) is 2.32. The standard InChI is InChI=1S/C13H17BrN2O2.ClH/c14-10-2-1-3-12(8-10)18-9-13(17)16-11-4-6-15-7-5-11;/h1-3,8,11,15H,4-7,9H2,(H,16,17);1H. The van der Waals surface area contributed by atoms with Gasteiger partial charge in [-0.3, -0.25) is 4.79 Å². The number of carbonyl (C=O) groups excluding carboxylic acids is 1. The molecule has 1 saturated heterocycles. The Morgan fingerprint density at radius 3 is 2.84 bits per heavy atom. The average molecular weight is 350 g/mol. The van der Waals surface area contributed by atoms with Crippen molar-refractivity contribution in [2.24, 2.45) is 0 Å². The lowest BCUT2D eigenvalue weighted by atomic mass is 10.1. The normalized spacial score (nSPS) is 15.4. The number of halogens is 2. The van der Waals surface area contributed by atoms with Crippen LogP contribution in [-0.2, 0) is 4.79 Å². The zero-order chi connectivity index (χ0) is 12.8. The van der Waals surface area contributed by atoms with Crippen molar-refractivity contribution in [3.8, 4) is 5.75 Å². The van der Waals surface area contributed by atoms with Crippen molar-refractivity contribution in [3.05, 3.63) is 28.7 Å². The van der Waals surface area contributed by atoms with Crippen molar-refractivity contribution < 1.29 is 9.53 Å². The summed E-state index contributed by atoms with van der Waals surface area (Å²) in [5.74, 6) is 0.645. The van der Waals surface area contributed by atoms with E-state index in [0.717, 1.165) is 30.4 Å². The first-order chi connectivity index (χ1) is 8.74. The number of carbonyl (C=O) groups is 1. The van der Waals surface area contributed by atoms with E-state index in [4.69, 9.17) is 4.74 Å². The number of rotatable bonds is 4. The Morgan fingerprint density at radius 2 is 2.16 bits per heavy atom. The molecule has 0 atom stereocenters. The second-order valence-electron chi connectivity index (χ2n) is 4.34. The van der Waals surface area contributed by atoms with Gasteiger partial charge in [0.1, 0.15) is 5.75 Å². The Balaban J connectivity index is 0.00000180. The number of benzene rings is 1. The number of hydrogen-bond donors (Lipinski definition) is 2. The van der Waals surface area contributed by atoms with Crippen LogP contribution in [0.5, 0.6) is 5.75 Å². The number of amides is 1. The van der Waals surface area contributed by atoms with Crippen LogP contribution in [0.3, 0.4) is 0 Å². The molecule has 0 spiro atoms. The summed E-state index contributed by atoms with van der Waals surface area (Å²) >= 11 is 3.36. The molecule has 19 heavy (non-hydrogen) atoms. The quantitative estimate of drug-likeness (QED) is 0.875. The molecule has 0 radical (unpaired) electrons. The lowest BCUT2D eigenvalue weighted by Crippen LogP contribution is -2.44. The largest absolute Gasteiger partial charge is 0.484 e. The van der Waals surface area contributed by atoms with Crippen molar-refractivity contribution in [1.29, 1.82) is 0 Å². The molecule has 106 valence electrons. The molecule has 2 N–H and O–H groups in total. The van der Waals surface area contributed by atoms with Crippen LogP contribution in [0.15, 0.2) is 28.7 Å². The van der Waals surface area contributed by atoms with Crippen LogP contribution in [0.4, 0.5) is 0 Å². The molecule has 1 aromatic rings. The molecule has 0 bridgehead atoms. The van der Waals surface area contributed by atoms with E-state index in [2.05, 4.69) is 26.6 Å². The highest BCUT2D eigenvalue weighted by molar-refractivity contribution is 9.10. The van der Waals surface area contributed by atoms with Crippen molar-refractivity contribution >= 4 is 34.2 Å². The van der Waals surface area contributed by atoms with Gasteiger partial charge in [0, 0.05) is 10.5 Å². The molecule has 1 aliphatic heterocycles. The molecule has 1 heterocycles. The maximum atomic E-state index is 11.7. The summed E-state index contributed by atoms with van der Waals surface area (Å²) in [7, 11) is 0. The van der Waals surface area contributed by atoms with Crippen LogP contribution in [0.25, 0.3) is 0 Å². The van der Waals surface area contributed by atoms with Crippen LogP contribution in [0.1, 0.15) is 12.8 Å². The van der Waals surface area contributed by atoms with Gasteiger partial charge in [-0.25, -0.2) is 0 Å². The van der Waals surface area contributed by atoms with E-state index in [1.54, 1.807) is 0 Å². The first-order valence-electron chi connectivity index (χ1n) is 6.12. The minimum atomic E-state index is -0.0538. The van der Waals surface area contributed by atoms with Gasteiger partial charge in [-0.1, -0.05) is 22.0 Å². The van der Waals surface area contributed by atoms with Crippen LogP contribution in [0.2, 0.25) is 0 Å². The SMILES string of the molecule is Cl.O=C(COc1cccc(Br)c1)NC1CCNCC1. The second-order valence-corrected chi connectivity index (χ2v) is 5.25. The van der Waals surface area contributed by atoms with Gasteiger partial charge in [0.15, 0.2) is 6.61 Å². The second kappa shape index (κ2) is 8.40. The maximum absolute atomic E-state index is 11.7. The molecule has 1 amide bonds. The predicted molar refractivity (Wildman–Crippen MR) is 80.9 cm³/mol. The van der Waals surface area contributed by atoms with Crippen LogP contribution in [0, 0.1) is 0 Å². The molecule has 0 saturated carbocycles. The van der Waals surface area contributed by atoms with Crippen LogP contribution < -0.4 is 15.4 Å². The van der Waals surface area contributed by atoms with Gasteiger partial charge in [-0.05, 0) is 44.1 Å². The summed E-state index contributed by atoms with van der Waals surface area (Å²) in [5.41, 5.74) is 0. The Morgan fingerprint density at radius 1 is 1.42 bits per heavy atom.